The van der Waals surface area contributed by atoms with Gasteiger partial charge in [0.05, 0.1) is 0 Å². The third kappa shape index (κ3) is 5.07. The summed E-state index contributed by atoms with van der Waals surface area (Å²) in [7, 11) is 0. The van der Waals surface area contributed by atoms with Crippen molar-refractivity contribution < 1.29 is 4.79 Å². The van der Waals surface area contributed by atoms with Crippen LogP contribution in [0, 0.1) is 11.3 Å². The molecule has 0 atom stereocenters. The van der Waals surface area contributed by atoms with Crippen LogP contribution in [0.3, 0.4) is 0 Å². The molecule has 2 amide bonds. The number of hydrogen-bond donors (Lipinski definition) is 2. The van der Waals surface area contributed by atoms with Crippen LogP contribution < -0.4 is 11.2 Å². The van der Waals surface area contributed by atoms with E-state index in [0.717, 1.165) is 12.1 Å². The molecule has 1 saturated carbocycles. The van der Waals surface area contributed by atoms with Gasteiger partial charge in [0, 0.05) is 5.71 Å². The fourth-order valence-electron chi connectivity index (χ4n) is 3.35. The number of rotatable bonds is 5. The standard InChI is InChI=1S/C14H27N3O/c1-11(2)9-14(7-5-4-6-8-14)10-12(3)16-17-13(15)18/h11H,4-10H2,1-3H3,(H3,15,17,18). The zero-order chi connectivity index (χ0) is 13.6. The Labute approximate surface area is 110 Å². The topological polar surface area (TPSA) is 67.5 Å². The molecule has 0 aromatic carbocycles. The lowest BCUT2D eigenvalue weighted by Crippen LogP contribution is -2.30. The number of carbonyl (C=O) groups excluding carboxylic acids is 1. The first-order valence-corrected chi connectivity index (χ1v) is 7.02. The average molecular weight is 253 g/mol. The first-order chi connectivity index (χ1) is 8.43. The van der Waals surface area contributed by atoms with Crippen LogP contribution in [-0.2, 0) is 0 Å². The van der Waals surface area contributed by atoms with Crippen LogP contribution in [0.5, 0.6) is 0 Å². The number of urea groups is 1. The number of nitrogens with two attached hydrogens (primary N) is 1. The summed E-state index contributed by atoms with van der Waals surface area (Å²) in [5, 5.41) is 4.06. The van der Waals surface area contributed by atoms with Gasteiger partial charge < -0.3 is 5.73 Å². The normalized spacial score (nSPS) is 19.9. The molecule has 3 N–H and O–H groups in total. The van der Waals surface area contributed by atoms with E-state index < -0.39 is 6.03 Å². The maximum atomic E-state index is 10.7. The van der Waals surface area contributed by atoms with Crippen LogP contribution in [0.25, 0.3) is 0 Å². The molecule has 0 heterocycles. The molecule has 0 aliphatic heterocycles. The molecule has 1 aliphatic rings. The summed E-state index contributed by atoms with van der Waals surface area (Å²) in [6, 6.07) is -0.587. The number of amides is 2. The minimum Gasteiger partial charge on any atom is -0.350 e. The molecule has 0 unspecified atom stereocenters. The highest BCUT2D eigenvalue weighted by atomic mass is 16.2. The largest absolute Gasteiger partial charge is 0.350 e. The summed E-state index contributed by atoms with van der Waals surface area (Å²) in [6.45, 7) is 6.54. The Morgan fingerprint density at radius 2 is 1.94 bits per heavy atom. The predicted molar refractivity (Wildman–Crippen MR) is 75.4 cm³/mol. The summed E-state index contributed by atoms with van der Waals surface area (Å²) in [6.07, 6.45) is 8.80. The maximum absolute atomic E-state index is 10.7. The van der Waals surface area contributed by atoms with Crippen molar-refractivity contribution in [3.8, 4) is 0 Å². The van der Waals surface area contributed by atoms with Crippen molar-refractivity contribution in [2.24, 2.45) is 22.2 Å². The van der Waals surface area contributed by atoms with Crippen LogP contribution in [0.1, 0.15) is 65.7 Å². The Bertz CT molecular complexity index is 304. The molecule has 4 nitrogen and oxygen atoms in total. The van der Waals surface area contributed by atoms with Crippen LogP contribution in [0.15, 0.2) is 5.10 Å². The third-order valence-electron chi connectivity index (χ3n) is 3.74. The lowest BCUT2D eigenvalue weighted by atomic mass is 9.67. The summed E-state index contributed by atoms with van der Waals surface area (Å²) < 4.78 is 0. The van der Waals surface area contributed by atoms with Gasteiger partial charge in [-0.25, -0.2) is 10.2 Å². The molecular weight excluding hydrogens is 226 g/mol. The van der Waals surface area contributed by atoms with Crippen LogP contribution in [-0.4, -0.2) is 11.7 Å². The minimum atomic E-state index is -0.587. The molecule has 1 rings (SSSR count). The van der Waals surface area contributed by atoms with Crippen molar-refractivity contribution in [3.05, 3.63) is 0 Å². The minimum absolute atomic E-state index is 0.388. The van der Waals surface area contributed by atoms with Crippen LogP contribution >= 0.6 is 0 Å². The zero-order valence-corrected chi connectivity index (χ0v) is 12.0. The first-order valence-electron chi connectivity index (χ1n) is 7.02. The lowest BCUT2D eigenvalue weighted by Gasteiger charge is -2.39. The van der Waals surface area contributed by atoms with Gasteiger partial charge in [-0.1, -0.05) is 33.1 Å². The second-order valence-corrected chi connectivity index (χ2v) is 6.16. The lowest BCUT2D eigenvalue weighted by molar-refractivity contribution is 0.158. The molecule has 1 aliphatic carbocycles. The number of hydrazone groups is 1. The highest BCUT2D eigenvalue weighted by molar-refractivity contribution is 5.84. The molecule has 18 heavy (non-hydrogen) atoms. The van der Waals surface area contributed by atoms with Gasteiger partial charge >= 0.3 is 6.03 Å². The Balaban J connectivity index is 2.65. The number of primary amides is 1. The number of nitrogens with one attached hydrogen (secondary N) is 1. The Hall–Kier alpha value is -1.06. The Kier molecular flexibility index (Phi) is 5.63. The predicted octanol–water partition coefficient (Wildman–Crippen LogP) is 3.42. The van der Waals surface area contributed by atoms with E-state index in [0.29, 0.717) is 11.3 Å². The van der Waals surface area contributed by atoms with Crippen molar-refractivity contribution >= 4 is 11.7 Å². The molecule has 0 aromatic heterocycles. The van der Waals surface area contributed by atoms with Gasteiger partial charge in [0.15, 0.2) is 0 Å². The Morgan fingerprint density at radius 1 is 1.33 bits per heavy atom. The molecule has 0 bridgehead atoms. The van der Waals surface area contributed by atoms with Crippen LogP contribution in [0.4, 0.5) is 4.79 Å². The third-order valence-corrected chi connectivity index (χ3v) is 3.74. The van der Waals surface area contributed by atoms with Gasteiger partial charge in [-0.3, -0.25) is 0 Å². The zero-order valence-electron chi connectivity index (χ0n) is 12.0. The number of hydrogen-bond acceptors (Lipinski definition) is 2. The van der Waals surface area contributed by atoms with Crippen molar-refractivity contribution in [2.45, 2.75) is 65.7 Å². The van der Waals surface area contributed by atoms with E-state index in [1.54, 1.807) is 0 Å². The SMILES string of the molecule is CC(CC1(CC(C)C)CCCCC1)=NNC(N)=O. The van der Waals surface area contributed by atoms with E-state index in [-0.39, 0.29) is 0 Å². The molecule has 0 spiro atoms. The molecule has 0 aromatic rings. The van der Waals surface area contributed by atoms with E-state index in [2.05, 4.69) is 24.4 Å². The molecule has 0 radical (unpaired) electrons. The molecule has 1 fully saturated rings. The molecular formula is C14H27N3O. The molecule has 0 saturated heterocycles. The summed E-state index contributed by atoms with van der Waals surface area (Å²) >= 11 is 0. The van der Waals surface area contributed by atoms with Crippen molar-refractivity contribution in [1.29, 1.82) is 0 Å². The van der Waals surface area contributed by atoms with E-state index in [9.17, 15) is 4.79 Å². The van der Waals surface area contributed by atoms with Gasteiger partial charge in [0.2, 0.25) is 0 Å². The highest BCUT2D eigenvalue weighted by Crippen LogP contribution is 2.44. The summed E-state index contributed by atoms with van der Waals surface area (Å²) in [4.78, 5) is 10.7. The smallest absolute Gasteiger partial charge is 0.332 e. The van der Waals surface area contributed by atoms with E-state index in [4.69, 9.17) is 5.73 Å². The fraction of sp³-hybridized carbons (Fsp3) is 0.857. The second kappa shape index (κ2) is 6.76. The van der Waals surface area contributed by atoms with Crippen molar-refractivity contribution in [1.82, 2.24) is 5.43 Å². The monoisotopic (exact) mass is 253 g/mol. The van der Waals surface area contributed by atoms with Gasteiger partial charge in [-0.05, 0) is 43.9 Å². The van der Waals surface area contributed by atoms with Gasteiger partial charge in [0.1, 0.15) is 0 Å². The molecule has 104 valence electrons. The molecule has 4 heteroatoms. The second-order valence-electron chi connectivity index (χ2n) is 6.16. The van der Waals surface area contributed by atoms with Gasteiger partial charge in [-0.15, -0.1) is 0 Å². The number of nitrogens with zero attached hydrogens (tertiary/aromatic N) is 1. The fourth-order valence-corrected chi connectivity index (χ4v) is 3.35. The Morgan fingerprint density at radius 3 is 2.44 bits per heavy atom. The van der Waals surface area contributed by atoms with Crippen molar-refractivity contribution in [2.75, 3.05) is 0 Å². The van der Waals surface area contributed by atoms with Crippen LogP contribution in [0.2, 0.25) is 0 Å². The van der Waals surface area contributed by atoms with Gasteiger partial charge in [-0.2, -0.15) is 5.10 Å². The summed E-state index contributed by atoms with van der Waals surface area (Å²) in [5.74, 6) is 0.708. The van der Waals surface area contributed by atoms with Gasteiger partial charge in [0.25, 0.3) is 0 Å². The van der Waals surface area contributed by atoms with E-state index in [1.807, 2.05) is 6.92 Å². The van der Waals surface area contributed by atoms with E-state index in [1.165, 1.54) is 38.5 Å². The quantitative estimate of drug-likeness (QED) is 0.572. The summed E-state index contributed by atoms with van der Waals surface area (Å²) in [5.41, 5.74) is 8.73. The maximum Gasteiger partial charge on any atom is 0.332 e. The van der Waals surface area contributed by atoms with E-state index >= 15 is 0 Å². The van der Waals surface area contributed by atoms with Crippen molar-refractivity contribution in [3.63, 3.8) is 0 Å². The highest BCUT2D eigenvalue weighted by Gasteiger charge is 2.33. The number of carbonyl (C=O) groups is 1. The average Bonchev–Trinajstić information content (AvgIpc) is 2.26. The first kappa shape index (κ1) is 15.0.